The molecule has 0 saturated heterocycles. The van der Waals surface area contributed by atoms with Crippen LogP contribution in [0.3, 0.4) is 0 Å². The quantitative estimate of drug-likeness (QED) is 0.763. The molecule has 16 heavy (non-hydrogen) atoms. The van der Waals surface area contributed by atoms with Crippen LogP contribution in [0.15, 0.2) is 27.8 Å². The van der Waals surface area contributed by atoms with Gasteiger partial charge >= 0.3 is 0 Å². The Labute approximate surface area is 106 Å². The minimum absolute atomic E-state index is 0.185. The maximum Gasteiger partial charge on any atom is 0.233 e. The number of rotatable bonds is 4. The molecule has 9 heteroatoms. The molecule has 1 heterocycles. The van der Waals surface area contributed by atoms with Crippen LogP contribution in [0.2, 0.25) is 0 Å². The van der Waals surface area contributed by atoms with Gasteiger partial charge in [-0.25, -0.2) is 21.8 Å². The highest BCUT2D eigenvalue weighted by atomic mass is 79.9. The number of aromatic nitrogens is 1. The maximum atomic E-state index is 11.7. The maximum absolute atomic E-state index is 11.7. The van der Waals surface area contributed by atoms with Crippen molar-refractivity contribution in [3.8, 4) is 0 Å². The van der Waals surface area contributed by atoms with Crippen LogP contribution in [-0.4, -0.2) is 33.3 Å². The first-order valence-corrected chi connectivity index (χ1v) is 8.90. The molecule has 0 aliphatic heterocycles. The molecule has 0 aliphatic carbocycles. The van der Waals surface area contributed by atoms with E-state index >= 15 is 0 Å². The molecule has 5 nitrogen and oxygen atoms in total. The third-order valence-corrected chi connectivity index (χ3v) is 5.59. The monoisotopic (exact) mass is 347 g/mol. The van der Waals surface area contributed by atoms with Crippen LogP contribution < -0.4 is 0 Å². The molecule has 0 amide bonds. The third-order valence-electron chi connectivity index (χ3n) is 1.62. The SMILES string of the molecule is O=S(=O)(Cl)CCS(=O)(=O)c1ncccc1Br. The van der Waals surface area contributed by atoms with Gasteiger partial charge in [-0.15, -0.1) is 0 Å². The summed E-state index contributed by atoms with van der Waals surface area (Å²) in [7, 11) is -2.63. The van der Waals surface area contributed by atoms with Gasteiger partial charge in [0.1, 0.15) is 0 Å². The molecule has 0 N–H and O–H groups in total. The fourth-order valence-electron chi connectivity index (χ4n) is 0.906. The average Bonchev–Trinajstić information content (AvgIpc) is 2.14. The Morgan fingerprint density at radius 1 is 1.25 bits per heavy atom. The van der Waals surface area contributed by atoms with Gasteiger partial charge in [0.2, 0.25) is 9.05 Å². The van der Waals surface area contributed by atoms with Crippen LogP contribution in [0.1, 0.15) is 0 Å². The van der Waals surface area contributed by atoms with Crippen molar-refractivity contribution in [2.45, 2.75) is 5.03 Å². The lowest BCUT2D eigenvalue weighted by Gasteiger charge is -2.03. The second-order valence-electron chi connectivity index (χ2n) is 2.85. The molecule has 0 aromatic carbocycles. The van der Waals surface area contributed by atoms with Crippen molar-refractivity contribution >= 4 is 45.5 Å². The van der Waals surface area contributed by atoms with Gasteiger partial charge in [-0.05, 0) is 28.1 Å². The van der Waals surface area contributed by atoms with Gasteiger partial charge in [-0.1, -0.05) is 0 Å². The van der Waals surface area contributed by atoms with Crippen molar-refractivity contribution in [1.29, 1.82) is 0 Å². The zero-order valence-electron chi connectivity index (χ0n) is 7.80. The first-order chi connectivity index (χ1) is 7.22. The molecule has 1 rings (SSSR count). The smallest absolute Gasteiger partial charge is 0.233 e. The van der Waals surface area contributed by atoms with Crippen molar-refractivity contribution in [2.75, 3.05) is 11.5 Å². The number of halogens is 2. The molecule has 0 fully saturated rings. The Hall–Kier alpha value is -0.180. The van der Waals surface area contributed by atoms with Crippen LogP contribution in [0.5, 0.6) is 0 Å². The van der Waals surface area contributed by atoms with Crippen molar-refractivity contribution in [3.63, 3.8) is 0 Å². The van der Waals surface area contributed by atoms with Gasteiger partial charge in [0.15, 0.2) is 14.9 Å². The second kappa shape index (κ2) is 4.99. The molecule has 90 valence electrons. The molecular weight excluding hydrogens is 342 g/mol. The van der Waals surface area contributed by atoms with Crippen LogP contribution in [0, 0.1) is 0 Å². The number of sulfone groups is 1. The molecule has 0 atom stereocenters. The number of hydrogen-bond donors (Lipinski definition) is 0. The van der Waals surface area contributed by atoms with E-state index in [4.69, 9.17) is 10.7 Å². The highest BCUT2D eigenvalue weighted by molar-refractivity contribution is 9.10. The lowest BCUT2D eigenvalue weighted by molar-refractivity contribution is 0.589. The molecule has 0 bridgehead atoms. The number of hydrogen-bond acceptors (Lipinski definition) is 5. The Bertz CT molecular complexity index is 584. The normalized spacial score (nSPS) is 12.6. The molecule has 0 saturated carbocycles. The Morgan fingerprint density at radius 2 is 1.88 bits per heavy atom. The van der Waals surface area contributed by atoms with Crippen LogP contribution >= 0.6 is 26.6 Å². The summed E-state index contributed by atoms with van der Waals surface area (Å²) >= 11 is 3.03. The lowest BCUT2D eigenvalue weighted by atomic mass is 10.5. The summed E-state index contributed by atoms with van der Waals surface area (Å²) in [6.45, 7) is 0. The van der Waals surface area contributed by atoms with Crippen molar-refractivity contribution in [1.82, 2.24) is 4.98 Å². The van der Waals surface area contributed by atoms with E-state index in [0.717, 1.165) is 0 Å². The van der Waals surface area contributed by atoms with E-state index in [1.807, 2.05) is 0 Å². The van der Waals surface area contributed by atoms with E-state index in [1.54, 1.807) is 6.07 Å². The molecule has 0 spiro atoms. The molecule has 0 unspecified atom stereocenters. The summed E-state index contributed by atoms with van der Waals surface area (Å²) in [6.07, 6.45) is 1.31. The van der Waals surface area contributed by atoms with Crippen molar-refractivity contribution in [3.05, 3.63) is 22.8 Å². The average molecular weight is 349 g/mol. The summed E-state index contributed by atoms with van der Waals surface area (Å²) in [5.74, 6) is -1.23. The summed E-state index contributed by atoms with van der Waals surface area (Å²) < 4.78 is 45.0. The van der Waals surface area contributed by atoms with E-state index in [0.29, 0.717) is 4.47 Å². The Kier molecular flexibility index (Phi) is 4.33. The fourth-order valence-corrected chi connectivity index (χ4v) is 4.92. The van der Waals surface area contributed by atoms with Crippen LogP contribution in [0.4, 0.5) is 0 Å². The fraction of sp³-hybridized carbons (Fsp3) is 0.286. The zero-order valence-corrected chi connectivity index (χ0v) is 11.8. The van der Waals surface area contributed by atoms with Crippen LogP contribution in [-0.2, 0) is 18.9 Å². The standard InChI is InChI=1S/C7H7BrClNO4S2/c8-6-2-1-3-10-7(6)15(11,12)4-5-16(9,13)14/h1-3H,4-5H2. The first kappa shape index (κ1) is 13.9. The molecule has 0 radical (unpaired) electrons. The molecule has 1 aromatic rings. The van der Waals surface area contributed by atoms with Gasteiger partial charge in [-0.3, -0.25) is 0 Å². The molecular formula is C7H7BrClNO4S2. The summed E-state index contributed by atoms with van der Waals surface area (Å²) in [6, 6.07) is 3.07. The van der Waals surface area contributed by atoms with Gasteiger partial charge < -0.3 is 0 Å². The van der Waals surface area contributed by atoms with Gasteiger partial charge in [0.05, 0.1) is 16.0 Å². The van der Waals surface area contributed by atoms with Crippen LogP contribution in [0.25, 0.3) is 0 Å². The second-order valence-corrected chi connectivity index (χ2v) is 8.63. The third kappa shape index (κ3) is 4.00. The van der Waals surface area contributed by atoms with E-state index in [9.17, 15) is 16.8 Å². The predicted molar refractivity (Wildman–Crippen MR) is 63.6 cm³/mol. The van der Waals surface area contributed by atoms with Crippen molar-refractivity contribution in [2.24, 2.45) is 0 Å². The largest absolute Gasteiger partial charge is 0.244 e. The highest BCUT2D eigenvalue weighted by Gasteiger charge is 2.21. The van der Waals surface area contributed by atoms with E-state index in [-0.39, 0.29) is 5.03 Å². The molecule has 0 aliphatic rings. The lowest BCUT2D eigenvalue weighted by Crippen LogP contribution is -2.15. The first-order valence-electron chi connectivity index (χ1n) is 3.98. The Balaban J connectivity index is 3.01. The zero-order chi connectivity index (χ0) is 12.4. The van der Waals surface area contributed by atoms with Gasteiger partial charge in [-0.2, -0.15) is 0 Å². The van der Waals surface area contributed by atoms with E-state index in [2.05, 4.69) is 20.9 Å². The minimum Gasteiger partial charge on any atom is -0.244 e. The molecule has 1 aromatic heterocycles. The summed E-state index contributed by atoms with van der Waals surface area (Å²) in [5, 5.41) is -0.185. The van der Waals surface area contributed by atoms with E-state index in [1.165, 1.54) is 12.3 Å². The van der Waals surface area contributed by atoms with E-state index < -0.39 is 30.4 Å². The number of nitrogens with zero attached hydrogens (tertiary/aromatic N) is 1. The van der Waals surface area contributed by atoms with Gasteiger partial charge in [0.25, 0.3) is 0 Å². The Morgan fingerprint density at radius 3 is 2.38 bits per heavy atom. The summed E-state index contributed by atoms with van der Waals surface area (Å²) in [5.41, 5.74) is 0. The topological polar surface area (TPSA) is 81.2 Å². The van der Waals surface area contributed by atoms with Crippen molar-refractivity contribution < 1.29 is 16.8 Å². The summed E-state index contributed by atoms with van der Waals surface area (Å²) in [4.78, 5) is 3.68. The predicted octanol–water partition coefficient (Wildman–Crippen LogP) is 1.19. The highest BCUT2D eigenvalue weighted by Crippen LogP contribution is 2.20. The minimum atomic E-state index is -3.83. The van der Waals surface area contributed by atoms with Gasteiger partial charge in [0, 0.05) is 16.9 Å². The number of pyridine rings is 1.